The van der Waals surface area contributed by atoms with Crippen LogP contribution in [0.1, 0.15) is 42.8 Å². The highest BCUT2D eigenvalue weighted by molar-refractivity contribution is 7.09. The topological polar surface area (TPSA) is 45.1 Å². The standard InChI is InChI=1S/C13H22N2OS/c1-10-9-17-13(15-10)8-14-7-12(16)6-11-4-2-3-5-11/h9,11-12,14,16H,2-8H2,1H3. The maximum absolute atomic E-state index is 9.91. The molecule has 1 saturated carbocycles. The quantitative estimate of drug-likeness (QED) is 0.820. The first-order valence-electron chi connectivity index (χ1n) is 6.54. The first-order chi connectivity index (χ1) is 8.24. The molecule has 0 bridgehead atoms. The molecule has 0 aliphatic heterocycles. The number of rotatable bonds is 6. The molecule has 1 atom stereocenters. The third-order valence-electron chi connectivity index (χ3n) is 3.40. The van der Waals surface area contributed by atoms with Crippen LogP contribution in [0, 0.1) is 12.8 Å². The smallest absolute Gasteiger partial charge is 0.107 e. The second kappa shape index (κ2) is 6.47. The zero-order valence-corrected chi connectivity index (χ0v) is 11.3. The van der Waals surface area contributed by atoms with Crippen molar-refractivity contribution >= 4 is 11.3 Å². The number of hydrogen-bond donors (Lipinski definition) is 2. The molecule has 96 valence electrons. The van der Waals surface area contributed by atoms with E-state index in [0.29, 0.717) is 6.54 Å². The van der Waals surface area contributed by atoms with Crippen LogP contribution in [0.5, 0.6) is 0 Å². The summed E-state index contributed by atoms with van der Waals surface area (Å²) in [6.45, 7) is 3.48. The fourth-order valence-corrected chi connectivity index (χ4v) is 3.29. The van der Waals surface area contributed by atoms with E-state index < -0.39 is 0 Å². The zero-order chi connectivity index (χ0) is 12.1. The Hall–Kier alpha value is -0.450. The molecule has 1 aromatic heterocycles. The molecule has 2 N–H and O–H groups in total. The summed E-state index contributed by atoms with van der Waals surface area (Å²) in [5.74, 6) is 0.758. The number of aliphatic hydroxyl groups excluding tert-OH is 1. The summed E-state index contributed by atoms with van der Waals surface area (Å²) in [5.41, 5.74) is 1.08. The summed E-state index contributed by atoms with van der Waals surface area (Å²) in [4.78, 5) is 4.39. The first-order valence-corrected chi connectivity index (χ1v) is 7.42. The molecular weight excluding hydrogens is 232 g/mol. The Labute approximate surface area is 107 Å². The lowest BCUT2D eigenvalue weighted by atomic mass is 10.0. The SMILES string of the molecule is Cc1csc(CNCC(O)CC2CCCC2)n1. The minimum Gasteiger partial charge on any atom is -0.392 e. The van der Waals surface area contributed by atoms with Crippen LogP contribution in [-0.4, -0.2) is 22.7 Å². The molecule has 1 aliphatic rings. The molecule has 4 heteroatoms. The number of nitrogens with zero attached hydrogens (tertiary/aromatic N) is 1. The predicted molar refractivity (Wildman–Crippen MR) is 71.1 cm³/mol. The van der Waals surface area contributed by atoms with Gasteiger partial charge in [-0.05, 0) is 19.3 Å². The molecule has 2 rings (SSSR count). The predicted octanol–water partition coefficient (Wildman–Crippen LogP) is 2.48. The van der Waals surface area contributed by atoms with Gasteiger partial charge in [-0.3, -0.25) is 0 Å². The fraction of sp³-hybridized carbons (Fsp3) is 0.769. The molecule has 0 radical (unpaired) electrons. The van der Waals surface area contributed by atoms with Crippen molar-refractivity contribution in [1.82, 2.24) is 10.3 Å². The van der Waals surface area contributed by atoms with Crippen molar-refractivity contribution in [2.24, 2.45) is 5.92 Å². The van der Waals surface area contributed by atoms with Gasteiger partial charge in [0.15, 0.2) is 0 Å². The highest BCUT2D eigenvalue weighted by atomic mass is 32.1. The second-order valence-electron chi connectivity index (χ2n) is 5.05. The lowest BCUT2D eigenvalue weighted by Crippen LogP contribution is -2.27. The van der Waals surface area contributed by atoms with E-state index in [2.05, 4.69) is 15.7 Å². The molecule has 3 nitrogen and oxygen atoms in total. The lowest BCUT2D eigenvalue weighted by Gasteiger charge is -2.15. The van der Waals surface area contributed by atoms with E-state index in [-0.39, 0.29) is 6.10 Å². The molecule has 17 heavy (non-hydrogen) atoms. The number of thiazole rings is 1. The van der Waals surface area contributed by atoms with Crippen LogP contribution in [0.3, 0.4) is 0 Å². The van der Waals surface area contributed by atoms with Crippen molar-refractivity contribution in [3.05, 3.63) is 16.1 Å². The lowest BCUT2D eigenvalue weighted by molar-refractivity contribution is 0.140. The van der Waals surface area contributed by atoms with Crippen LogP contribution in [0.15, 0.2) is 5.38 Å². The molecule has 0 aromatic carbocycles. The number of nitrogens with one attached hydrogen (secondary N) is 1. The average Bonchev–Trinajstić information content (AvgIpc) is 2.90. The third-order valence-corrected chi connectivity index (χ3v) is 4.37. The van der Waals surface area contributed by atoms with Crippen LogP contribution in [0.4, 0.5) is 0 Å². The summed E-state index contributed by atoms with van der Waals surface area (Å²) in [6, 6.07) is 0. The Morgan fingerprint density at radius 2 is 2.29 bits per heavy atom. The van der Waals surface area contributed by atoms with Gasteiger partial charge in [-0.1, -0.05) is 25.7 Å². The van der Waals surface area contributed by atoms with Crippen LogP contribution in [-0.2, 0) is 6.54 Å². The van der Waals surface area contributed by atoms with Crippen LogP contribution in [0.25, 0.3) is 0 Å². The molecule has 0 amide bonds. The molecule has 1 fully saturated rings. The number of hydrogen-bond acceptors (Lipinski definition) is 4. The largest absolute Gasteiger partial charge is 0.392 e. The van der Waals surface area contributed by atoms with Gasteiger partial charge in [-0.2, -0.15) is 0 Å². The van der Waals surface area contributed by atoms with E-state index >= 15 is 0 Å². The summed E-state index contributed by atoms with van der Waals surface area (Å²) in [6.07, 6.45) is 6.08. The Morgan fingerprint density at radius 3 is 2.94 bits per heavy atom. The van der Waals surface area contributed by atoms with Crippen LogP contribution in [0.2, 0.25) is 0 Å². The maximum atomic E-state index is 9.91. The van der Waals surface area contributed by atoms with Gasteiger partial charge in [0.2, 0.25) is 0 Å². The van der Waals surface area contributed by atoms with Gasteiger partial charge in [0, 0.05) is 24.2 Å². The van der Waals surface area contributed by atoms with Crippen molar-refractivity contribution in [2.45, 2.75) is 51.7 Å². The van der Waals surface area contributed by atoms with Gasteiger partial charge in [-0.15, -0.1) is 11.3 Å². The molecule has 1 heterocycles. The Balaban J connectivity index is 1.60. The zero-order valence-electron chi connectivity index (χ0n) is 10.5. The minimum absolute atomic E-state index is 0.195. The monoisotopic (exact) mass is 254 g/mol. The number of aromatic nitrogens is 1. The first kappa shape index (κ1) is 13.0. The van der Waals surface area contributed by atoms with Gasteiger partial charge < -0.3 is 10.4 Å². The molecule has 0 spiro atoms. The van der Waals surface area contributed by atoms with Crippen LogP contribution < -0.4 is 5.32 Å². The van der Waals surface area contributed by atoms with Gasteiger partial charge in [0.05, 0.1) is 6.10 Å². The van der Waals surface area contributed by atoms with E-state index in [1.807, 2.05) is 6.92 Å². The Bertz CT molecular complexity index is 334. The van der Waals surface area contributed by atoms with E-state index in [4.69, 9.17) is 0 Å². The highest BCUT2D eigenvalue weighted by Crippen LogP contribution is 2.28. The summed E-state index contributed by atoms with van der Waals surface area (Å²) >= 11 is 1.68. The van der Waals surface area contributed by atoms with Gasteiger partial charge in [0.1, 0.15) is 5.01 Å². The number of aliphatic hydroxyl groups is 1. The van der Waals surface area contributed by atoms with Gasteiger partial charge in [0.25, 0.3) is 0 Å². The van der Waals surface area contributed by atoms with Crippen molar-refractivity contribution in [3.63, 3.8) is 0 Å². The van der Waals surface area contributed by atoms with Gasteiger partial charge in [-0.25, -0.2) is 4.98 Å². The maximum Gasteiger partial charge on any atom is 0.107 e. The van der Waals surface area contributed by atoms with Crippen molar-refractivity contribution in [3.8, 4) is 0 Å². The molecule has 1 aliphatic carbocycles. The molecule has 1 aromatic rings. The van der Waals surface area contributed by atoms with Crippen molar-refractivity contribution < 1.29 is 5.11 Å². The highest BCUT2D eigenvalue weighted by Gasteiger charge is 2.18. The van der Waals surface area contributed by atoms with E-state index in [1.54, 1.807) is 11.3 Å². The van der Waals surface area contributed by atoms with Gasteiger partial charge >= 0.3 is 0 Å². The number of aryl methyl sites for hydroxylation is 1. The Morgan fingerprint density at radius 1 is 1.53 bits per heavy atom. The molecular formula is C13H22N2OS. The third kappa shape index (κ3) is 4.37. The summed E-state index contributed by atoms with van der Waals surface area (Å²) < 4.78 is 0. The minimum atomic E-state index is -0.195. The molecule has 0 saturated heterocycles. The van der Waals surface area contributed by atoms with E-state index in [1.165, 1.54) is 25.7 Å². The van der Waals surface area contributed by atoms with Crippen molar-refractivity contribution in [2.75, 3.05) is 6.54 Å². The second-order valence-corrected chi connectivity index (χ2v) is 6.00. The van der Waals surface area contributed by atoms with Crippen LogP contribution >= 0.6 is 11.3 Å². The molecule has 1 unspecified atom stereocenters. The van der Waals surface area contributed by atoms with E-state index in [9.17, 15) is 5.11 Å². The average molecular weight is 254 g/mol. The summed E-state index contributed by atoms with van der Waals surface area (Å²) in [5, 5.41) is 16.4. The Kier molecular flexibility index (Phi) is 4.95. The van der Waals surface area contributed by atoms with E-state index in [0.717, 1.165) is 29.6 Å². The normalized spacial score (nSPS) is 18.7. The fourth-order valence-electron chi connectivity index (χ4n) is 2.54. The van der Waals surface area contributed by atoms with Crippen molar-refractivity contribution in [1.29, 1.82) is 0 Å². The summed E-state index contributed by atoms with van der Waals surface area (Å²) in [7, 11) is 0.